The van der Waals surface area contributed by atoms with Gasteiger partial charge in [0.25, 0.3) is 0 Å². The van der Waals surface area contributed by atoms with E-state index in [9.17, 15) is 8.78 Å². The summed E-state index contributed by atoms with van der Waals surface area (Å²) in [6, 6.07) is 2.47. The van der Waals surface area contributed by atoms with E-state index in [0.29, 0.717) is 11.0 Å². The van der Waals surface area contributed by atoms with Gasteiger partial charge in [-0.25, -0.2) is 4.39 Å². The van der Waals surface area contributed by atoms with Crippen molar-refractivity contribution in [3.8, 4) is 5.75 Å². The first-order chi connectivity index (χ1) is 7.04. The second-order valence-corrected chi connectivity index (χ2v) is 4.10. The van der Waals surface area contributed by atoms with Crippen LogP contribution in [0.15, 0.2) is 16.6 Å². The molecule has 15 heavy (non-hydrogen) atoms. The Balaban J connectivity index is 2.84. The number of benzene rings is 1. The summed E-state index contributed by atoms with van der Waals surface area (Å²) >= 11 is 3.07. The standard InChI is InChI=1S/C10H12BrF2NO/c1-6(5-14-2)15-9-4-7(11)3-8(12)10(9)13/h3-4,6,14H,5H2,1-2H3. The van der Waals surface area contributed by atoms with E-state index in [0.717, 1.165) is 6.07 Å². The molecule has 0 bridgehead atoms. The summed E-state index contributed by atoms with van der Waals surface area (Å²) in [5.74, 6) is -1.96. The first kappa shape index (κ1) is 12.4. The molecule has 0 aliphatic rings. The molecule has 0 aromatic heterocycles. The van der Waals surface area contributed by atoms with Crippen LogP contribution in [0.2, 0.25) is 0 Å². The fourth-order valence-corrected chi connectivity index (χ4v) is 1.57. The molecule has 1 aromatic rings. The highest BCUT2D eigenvalue weighted by Gasteiger charge is 2.13. The van der Waals surface area contributed by atoms with Gasteiger partial charge in [0, 0.05) is 11.0 Å². The van der Waals surface area contributed by atoms with Gasteiger partial charge in [0.05, 0.1) is 0 Å². The quantitative estimate of drug-likeness (QED) is 0.856. The molecule has 0 aliphatic carbocycles. The molecule has 2 nitrogen and oxygen atoms in total. The third-order valence-corrected chi connectivity index (χ3v) is 2.24. The minimum Gasteiger partial charge on any atom is -0.486 e. The average Bonchev–Trinajstić information content (AvgIpc) is 2.13. The van der Waals surface area contributed by atoms with Crippen molar-refractivity contribution in [3.05, 3.63) is 28.2 Å². The second-order valence-electron chi connectivity index (χ2n) is 3.19. The molecule has 0 radical (unpaired) electrons. The maximum Gasteiger partial charge on any atom is 0.200 e. The monoisotopic (exact) mass is 279 g/mol. The van der Waals surface area contributed by atoms with E-state index in [1.54, 1.807) is 14.0 Å². The van der Waals surface area contributed by atoms with Crippen LogP contribution >= 0.6 is 15.9 Å². The molecule has 1 atom stereocenters. The first-order valence-corrected chi connectivity index (χ1v) is 5.29. The Morgan fingerprint density at radius 1 is 1.47 bits per heavy atom. The lowest BCUT2D eigenvalue weighted by atomic mass is 10.3. The number of ether oxygens (including phenoxy) is 1. The Kier molecular flexibility index (Phi) is 4.47. The highest BCUT2D eigenvalue weighted by atomic mass is 79.9. The smallest absolute Gasteiger partial charge is 0.200 e. The summed E-state index contributed by atoms with van der Waals surface area (Å²) in [5, 5.41) is 2.88. The van der Waals surface area contributed by atoms with Crippen LogP contribution in [0, 0.1) is 11.6 Å². The summed E-state index contributed by atoms with van der Waals surface area (Å²) in [4.78, 5) is 0. The molecule has 1 N–H and O–H groups in total. The maximum atomic E-state index is 13.2. The molecular formula is C10H12BrF2NO. The molecule has 84 valence electrons. The van der Waals surface area contributed by atoms with E-state index in [1.807, 2.05) is 0 Å². The minimum atomic E-state index is -0.957. The average molecular weight is 280 g/mol. The van der Waals surface area contributed by atoms with Crippen LogP contribution in [0.3, 0.4) is 0 Å². The number of likely N-dealkylation sites (N-methyl/N-ethyl adjacent to an activating group) is 1. The SMILES string of the molecule is CNCC(C)Oc1cc(Br)cc(F)c1F. The van der Waals surface area contributed by atoms with Gasteiger partial charge in [-0.3, -0.25) is 0 Å². The zero-order chi connectivity index (χ0) is 11.4. The number of rotatable bonds is 4. The van der Waals surface area contributed by atoms with Crippen molar-refractivity contribution >= 4 is 15.9 Å². The molecule has 0 aliphatic heterocycles. The number of hydrogen-bond acceptors (Lipinski definition) is 2. The van der Waals surface area contributed by atoms with Gasteiger partial charge in [-0.05, 0) is 26.1 Å². The van der Waals surface area contributed by atoms with E-state index < -0.39 is 11.6 Å². The van der Waals surface area contributed by atoms with Crippen LogP contribution in [0.5, 0.6) is 5.75 Å². The predicted molar refractivity (Wildman–Crippen MR) is 58.1 cm³/mol. The summed E-state index contributed by atoms with van der Waals surface area (Å²) in [6.45, 7) is 2.34. The fourth-order valence-electron chi connectivity index (χ4n) is 1.16. The van der Waals surface area contributed by atoms with Crippen molar-refractivity contribution in [1.82, 2.24) is 5.32 Å². The van der Waals surface area contributed by atoms with Gasteiger partial charge in [-0.1, -0.05) is 15.9 Å². The number of hydrogen-bond donors (Lipinski definition) is 1. The molecule has 0 fully saturated rings. The Hall–Kier alpha value is -0.680. The third-order valence-electron chi connectivity index (χ3n) is 1.78. The maximum absolute atomic E-state index is 13.2. The van der Waals surface area contributed by atoms with E-state index in [4.69, 9.17) is 4.74 Å². The van der Waals surface area contributed by atoms with Gasteiger partial charge in [-0.15, -0.1) is 0 Å². The largest absolute Gasteiger partial charge is 0.486 e. The molecular weight excluding hydrogens is 268 g/mol. The number of nitrogens with one attached hydrogen (secondary N) is 1. The van der Waals surface area contributed by atoms with Gasteiger partial charge in [0.1, 0.15) is 6.10 Å². The predicted octanol–water partition coefficient (Wildman–Crippen LogP) is 2.71. The summed E-state index contributed by atoms with van der Waals surface area (Å²) in [5.41, 5.74) is 0. The molecule has 0 heterocycles. The van der Waals surface area contributed by atoms with E-state index in [1.165, 1.54) is 6.07 Å². The van der Waals surface area contributed by atoms with Crippen molar-refractivity contribution in [1.29, 1.82) is 0 Å². The lowest BCUT2D eigenvalue weighted by Gasteiger charge is -2.15. The minimum absolute atomic E-state index is 0.0791. The van der Waals surface area contributed by atoms with Crippen LogP contribution in [0.25, 0.3) is 0 Å². The highest BCUT2D eigenvalue weighted by molar-refractivity contribution is 9.10. The third kappa shape index (κ3) is 3.43. The summed E-state index contributed by atoms with van der Waals surface area (Å²) in [6.07, 6.45) is -0.224. The number of halogens is 3. The molecule has 1 rings (SSSR count). The van der Waals surface area contributed by atoms with Crippen LogP contribution in [0.4, 0.5) is 8.78 Å². The summed E-state index contributed by atoms with van der Waals surface area (Å²) < 4.78 is 31.9. The molecule has 0 spiro atoms. The fraction of sp³-hybridized carbons (Fsp3) is 0.400. The van der Waals surface area contributed by atoms with Crippen LogP contribution in [-0.4, -0.2) is 19.7 Å². The highest BCUT2D eigenvalue weighted by Crippen LogP contribution is 2.25. The molecule has 0 saturated carbocycles. The van der Waals surface area contributed by atoms with Gasteiger partial charge < -0.3 is 10.1 Å². The molecule has 0 saturated heterocycles. The van der Waals surface area contributed by atoms with Crippen LogP contribution in [-0.2, 0) is 0 Å². The molecule has 1 unspecified atom stereocenters. The van der Waals surface area contributed by atoms with Crippen molar-refractivity contribution in [2.75, 3.05) is 13.6 Å². The Labute approximate surface area is 95.8 Å². The van der Waals surface area contributed by atoms with Gasteiger partial charge >= 0.3 is 0 Å². The van der Waals surface area contributed by atoms with E-state index >= 15 is 0 Å². The first-order valence-electron chi connectivity index (χ1n) is 4.50. The molecule has 0 amide bonds. The van der Waals surface area contributed by atoms with E-state index in [2.05, 4.69) is 21.2 Å². The Morgan fingerprint density at radius 2 is 2.13 bits per heavy atom. The van der Waals surface area contributed by atoms with Gasteiger partial charge in [0.15, 0.2) is 11.6 Å². The van der Waals surface area contributed by atoms with Gasteiger partial charge in [0.2, 0.25) is 5.82 Å². The normalized spacial score (nSPS) is 12.6. The Bertz CT molecular complexity index is 346. The topological polar surface area (TPSA) is 21.3 Å². The van der Waals surface area contributed by atoms with Crippen molar-refractivity contribution < 1.29 is 13.5 Å². The van der Waals surface area contributed by atoms with Crippen molar-refractivity contribution in [2.45, 2.75) is 13.0 Å². The van der Waals surface area contributed by atoms with Crippen LogP contribution in [0.1, 0.15) is 6.92 Å². The van der Waals surface area contributed by atoms with Gasteiger partial charge in [-0.2, -0.15) is 4.39 Å². The second kappa shape index (κ2) is 5.42. The lowest BCUT2D eigenvalue weighted by molar-refractivity contribution is 0.208. The zero-order valence-electron chi connectivity index (χ0n) is 8.48. The molecule has 1 aromatic carbocycles. The van der Waals surface area contributed by atoms with Crippen molar-refractivity contribution in [3.63, 3.8) is 0 Å². The zero-order valence-corrected chi connectivity index (χ0v) is 10.1. The Morgan fingerprint density at radius 3 is 2.73 bits per heavy atom. The van der Waals surface area contributed by atoms with Crippen molar-refractivity contribution in [2.24, 2.45) is 0 Å². The molecule has 5 heteroatoms. The summed E-state index contributed by atoms with van der Waals surface area (Å²) in [7, 11) is 1.76. The van der Waals surface area contributed by atoms with Crippen LogP contribution < -0.4 is 10.1 Å². The lowest BCUT2D eigenvalue weighted by Crippen LogP contribution is -2.26. The van der Waals surface area contributed by atoms with E-state index in [-0.39, 0.29) is 11.9 Å².